The fourth-order valence-corrected chi connectivity index (χ4v) is 1.88. The summed E-state index contributed by atoms with van der Waals surface area (Å²) in [6, 6.07) is 1.94. The second-order valence-electron chi connectivity index (χ2n) is 3.03. The lowest BCUT2D eigenvalue weighted by Gasteiger charge is -2.05. The molecule has 2 aromatic rings. The summed E-state index contributed by atoms with van der Waals surface area (Å²) in [5.74, 6) is -1.49. The Labute approximate surface area is 93.3 Å². The van der Waals surface area contributed by atoms with Crippen LogP contribution in [0.15, 0.2) is 22.3 Å². The Morgan fingerprint density at radius 1 is 1.31 bits per heavy atom. The molecule has 1 aromatic heterocycles. The van der Waals surface area contributed by atoms with E-state index in [9.17, 15) is 13.6 Å². The van der Waals surface area contributed by atoms with Crippen LogP contribution in [0.5, 0.6) is 5.75 Å². The summed E-state index contributed by atoms with van der Waals surface area (Å²) < 4.78 is 31.5. The van der Waals surface area contributed by atoms with Gasteiger partial charge in [-0.05, 0) is 6.07 Å². The fraction of sp³-hybridized carbons (Fsp3) is 0.100. The molecule has 84 valence electrons. The Bertz CT molecular complexity index is 576. The molecule has 1 heterocycles. The number of thiazole rings is 1. The molecule has 0 aliphatic heterocycles. The zero-order chi connectivity index (χ0) is 11.7. The molecule has 16 heavy (non-hydrogen) atoms. The summed E-state index contributed by atoms with van der Waals surface area (Å²) in [4.78, 5) is 13.0. The number of aromatic nitrogens is 1. The van der Waals surface area contributed by atoms with Crippen LogP contribution in [0.4, 0.5) is 8.78 Å². The van der Waals surface area contributed by atoms with Crippen molar-refractivity contribution >= 4 is 11.3 Å². The Morgan fingerprint density at radius 3 is 2.62 bits per heavy atom. The van der Waals surface area contributed by atoms with Crippen molar-refractivity contribution < 1.29 is 13.5 Å². The molecule has 0 aliphatic rings. The van der Waals surface area contributed by atoms with E-state index in [2.05, 4.69) is 9.72 Å². The number of halogens is 2. The van der Waals surface area contributed by atoms with Crippen LogP contribution in [0.2, 0.25) is 0 Å². The van der Waals surface area contributed by atoms with Crippen molar-refractivity contribution in [2.24, 2.45) is 0 Å². The van der Waals surface area contributed by atoms with Crippen LogP contribution < -0.4 is 9.61 Å². The van der Waals surface area contributed by atoms with E-state index in [1.165, 1.54) is 12.5 Å². The van der Waals surface area contributed by atoms with Gasteiger partial charge in [0.05, 0.1) is 12.8 Å². The Kier molecular flexibility index (Phi) is 2.74. The first-order valence-electron chi connectivity index (χ1n) is 4.33. The van der Waals surface area contributed by atoms with Crippen LogP contribution in [0, 0.1) is 11.6 Å². The topological polar surface area (TPSA) is 42.1 Å². The van der Waals surface area contributed by atoms with Crippen molar-refractivity contribution in [3.63, 3.8) is 0 Å². The highest BCUT2D eigenvalue weighted by atomic mass is 32.1. The molecule has 0 saturated carbocycles. The molecule has 0 spiro atoms. The number of hydrogen-bond donors (Lipinski definition) is 1. The molecule has 0 amide bonds. The zero-order valence-corrected chi connectivity index (χ0v) is 9.03. The van der Waals surface area contributed by atoms with Gasteiger partial charge in [0.15, 0.2) is 11.6 Å². The summed E-state index contributed by atoms with van der Waals surface area (Å²) >= 11 is 0.892. The van der Waals surface area contributed by atoms with Gasteiger partial charge in [-0.3, -0.25) is 4.79 Å². The Hall–Kier alpha value is -1.69. The lowest BCUT2D eigenvalue weighted by Crippen LogP contribution is -1.96. The predicted molar refractivity (Wildman–Crippen MR) is 56.8 cm³/mol. The van der Waals surface area contributed by atoms with Crippen molar-refractivity contribution in [2.45, 2.75) is 0 Å². The fourth-order valence-electron chi connectivity index (χ4n) is 1.30. The third kappa shape index (κ3) is 1.83. The summed E-state index contributed by atoms with van der Waals surface area (Å²) in [5.41, 5.74) is 0.269. The van der Waals surface area contributed by atoms with Gasteiger partial charge < -0.3 is 9.72 Å². The van der Waals surface area contributed by atoms with Crippen molar-refractivity contribution in [1.29, 1.82) is 0 Å². The molecular formula is C10H7F2NO2S. The highest BCUT2D eigenvalue weighted by Crippen LogP contribution is 2.27. The van der Waals surface area contributed by atoms with Crippen LogP contribution in [-0.4, -0.2) is 12.1 Å². The highest BCUT2D eigenvalue weighted by molar-refractivity contribution is 7.07. The van der Waals surface area contributed by atoms with E-state index in [1.54, 1.807) is 0 Å². The van der Waals surface area contributed by atoms with Gasteiger partial charge in [-0.2, -0.15) is 0 Å². The average molecular weight is 243 g/mol. The first-order valence-corrected chi connectivity index (χ1v) is 5.21. The molecule has 0 unspecified atom stereocenters. The largest absolute Gasteiger partial charge is 0.494 e. The molecular weight excluding hydrogens is 236 g/mol. The maximum atomic E-state index is 13.5. The van der Waals surface area contributed by atoms with Crippen LogP contribution in [0.1, 0.15) is 0 Å². The number of H-pyrrole nitrogens is 1. The third-order valence-corrected chi connectivity index (χ3v) is 2.72. The second kappa shape index (κ2) is 4.05. The number of benzene rings is 1. The molecule has 0 bridgehead atoms. The molecule has 3 nitrogen and oxygen atoms in total. The number of aromatic amines is 1. The minimum Gasteiger partial charge on any atom is -0.494 e. The Morgan fingerprint density at radius 2 is 2.06 bits per heavy atom. The molecule has 0 radical (unpaired) electrons. The normalized spacial score (nSPS) is 10.4. The van der Waals surface area contributed by atoms with Gasteiger partial charge in [0.2, 0.25) is 0 Å². The lowest BCUT2D eigenvalue weighted by atomic mass is 10.1. The smallest absolute Gasteiger partial charge is 0.304 e. The van der Waals surface area contributed by atoms with Gasteiger partial charge in [-0.15, -0.1) is 0 Å². The lowest BCUT2D eigenvalue weighted by molar-refractivity contribution is 0.383. The van der Waals surface area contributed by atoms with Crippen LogP contribution >= 0.6 is 11.3 Å². The van der Waals surface area contributed by atoms with Crippen molar-refractivity contribution in [2.75, 3.05) is 7.11 Å². The minimum absolute atomic E-state index is 0.0108. The van der Waals surface area contributed by atoms with E-state index < -0.39 is 11.6 Å². The van der Waals surface area contributed by atoms with Gasteiger partial charge in [0.1, 0.15) is 5.82 Å². The number of nitrogens with one attached hydrogen (secondary N) is 1. The highest BCUT2D eigenvalue weighted by Gasteiger charge is 2.13. The third-order valence-electron chi connectivity index (χ3n) is 2.05. The summed E-state index contributed by atoms with van der Waals surface area (Å²) in [6.07, 6.45) is 0. The minimum atomic E-state index is -0.675. The summed E-state index contributed by atoms with van der Waals surface area (Å²) in [5, 5.41) is 1.44. The molecule has 1 aromatic carbocycles. The van der Waals surface area contributed by atoms with E-state index in [-0.39, 0.29) is 21.9 Å². The number of methoxy groups -OCH3 is 1. The van der Waals surface area contributed by atoms with E-state index in [4.69, 9.17) is 0 Å². The van der Waals surface area contributed by atoms with Crippen LogP contribution in [0.25, 0.3) is 11.3 Å². The summed E-state index contributed by atoms with van der Waals surface area (Å²) in [6.45, 7) is 0. The van der Waals surface area contributed by atoms with E-state index >= 15 is 0 Å². The SMILES string of the molecule is COc1cc(F)c(-c2csc(=O)[nH]2)cc1F. The van der Waals surface area contributed by atoms with E-state index in [1.807, 2.05) is 0 Å². The first kappa shape index (κ1) is 10.8. The molecule has 6 heteroatoms. The average Bonchev–Trinajstić information content (AvgIpc) is 2.67. The monoisotopic (exact) mass is 243 g/mol. The van der Waals surface area contributed by atoms with Gasteiger partial charge in [-0.25, -0.2) is 8.78 Å². The maximum absolute atomic E-state index is 13.5. The van der Waals surface area contributed by atoms with Gasteiger partial charge in [0.25, 0.3) is 0 Å². The van der Waals surface area contributed by atoms with Crippen molar-refractivity contribution in [1.82, 2.24) is 4.98 Å². The van der Waals surface area contributed by atoms with Crippen molar-refractivity contribution in [3.05, 3.63) is 38.8 Å². The quantitative estimate of drug-likeness (QED) is 0.880. The Balaban J connectivity index is 2.58. The zero-order valence-electron chi connectivity index (χ0n) is 8.21. The second-order valence-corrected chi connectivity index (χ2v) is 3.87. The van der Waals surface area contributed by atoms with Gasteiger partial charge in [-0.1, -0.05) is 11.3 Å². The molecule has 1 N–H and O–H groups in total. The maximum Gasteiger partial charge on any atom is 0.304 e. The summed E-state index contributed by atoms with van der Waals surface area (Å²) in [7, 11) is 1.25. The van der Waals surface area contributed by atoms with Gasteiger partial charge >= 0.3 is 4.87 Å². The van der Waals surface area contributed by atoms with Crippen molar-refractivity contribution in [3.8, 4) is 17.0 Å². The van der Waals surface area contributed by atoms with E-state index in [0.29, 0.717) is 0 Å². The van der Waals surface area contributed by atoms with Crippen LogP contribution in [-0.2, 0) is 0 Å². The molecule has 2 rings (SSSR count). The number of rotatable bonds is 2. The number of hydrogen-bond acceptors (Lipinski definition) is 3. The van der Waals surface area contributed by atoms with Crippen LogP contribution in [0.3, 0.4) is 0 Å². The molecule has 0 fully saturated rings. The molecule has 0 saturated heterocycles. The van der Waals surface area contributed by atoms with Gasteiger partial charge in [0, 0.05) is 17.0 Å². The standard InChI is InChI=1S/C10H7F2NO2S/c1-15-9-3-6(11)5(2-7(9)12)8-4-16-10(14)13-8/h2-4H,1H3,(H,13,14). The first-order chi connectivity index (χ1) is 7.61. The number of ether oxygens (including phenoxy) is 1. The van der Waals surface area contributed by atoms with E-state index in [0.717, 1.165) is 23.5 Å². The molecule has 0 atom stereocenters. The predicted octanol–water partition coefficient (Wildman–Crippen LogP) is 2.39. The molecule has 0 aliphatic carbocycles.